The first-order valence-corrected chi connectivity index (χ1v) is 18.5. The predicted octanol–water partition coefficient (Wildman–Crippen LogP) is 11.6. The molecule has 6 rings (SSSR count). The molecule has 49 heavy (non-hydrogen) atoms. The van der Waals surface area contributed by atoms with Crippen molar-refractivity contribution in [1.29, 1.82) is 0 Å². The van der Waals surface area contributed by atoms with Crippen LogP contribution in [0.4, 0.5) is 8.78 Å². The Morgan fingerprint density at radius 1 is 0.918 bits per heavy atom. The van der Waals surface area contributed by atoms with E-state index in [1.165, 1.54) is 59.1 Å². The first-order valence-electron chi connectivity index (χ1n) is 18.5. The summed E-state index contributed by atoms with van der Waals surface area (Å²) in [5.41, 5.74) is 12.0. The maximum atomic E-state index is 14.0. The van der Waals surface area contributed by atoms with Crippen molar-refractivity contribution in [2.75, 3.05) is 13.1 Å². The lowest BCUT2D eigenvalue weighted by atomic mass is 9.60. The number of pyridine rings is 1. The summed E-state index contributed by atoms with van der Waals surface area (Å²) in [6, 6.07) is 20.4. The van der Waals surface area contributed by atoms with Crippen LogP contribution in [0.2, 0.25) is 0 Å². The number of aryl methyl sites for hydroxylation is 1. The zero-order valence-corrected chi connectivity index (χ0v) is 30.3. The van der Waals surface area contributed by atoms with Gasteiger partial charge in [-0.3, -0.25) is 4.98 Å². The van der Waals surface area contributed by atoms with E-state index in [-0.39, 0.29) is 18.9 Å². The quantitative estimate of drug-likeness (QED) is 0.221. The second-order valence-electron chi connectivity index (χ2n) is 15.7. The maximum absolute atomic E-state index is 14.0. The Morgan fingerprint density at radius 3 is 2.10 bits per heavy atom. The lowest BCUT2D eigenvalue weighted by Gasteiger charge is -2.44. The van der Waals surface area contributed by atoms with Crippen molar-refractivity contribution >= 4 is 11.3 Å². The monoisotopic (exact) mass is 663 g/mol. The lowest BCUT2D eigenvalue weighted by molar-refractivity contribution is -0.00158. The Kier molecular flexibility index (Phi) is 9.95. The van der Waals surface area contributed by atoms with Crippen molar-refractivity contribution in [1.82, 2.24) is 15.2 Å². The topological polar surface area (TPSA) is 28.2 Å². The van der Waals surface area contributed by atoms with Crippen LogP contribution in [-0.4, -0.2) is 28.9 Å². The fourth-order valence-electron chi connectivity index (χ4n) is 8.61. The second kappa shape index (κ2) is 13.9. The number of piperidine rings is 1. The van der Waals surface area contributed by atoms with Crippen LogP contribution in [0.25, 0.3) is 11.3 Å². The highest BCUT2D eigenvalue weighted by atomic mass is 19.3. The third kappa shape index (κ3) is 7.42. The molecular weight excluding hydrogens is 609 g/mol. The van der Waals surface area contributed by atoms with Gasteiger partial charge in [0.05, 0.1) is 0 Å². The van der Waals surface area contributed by atoms with E-state index in [1.807, 2.05) is 19.3 Å². The molecule has 2 aliphatic carbocycles. The molecule has 1 aromatic heterocycles. The highest BCUT2D eigenvalue weighted by molar-refractivity contribution is 5.83. The van der Waals surface area contributed by atoms with Gasteiger partial charge in [-0.15, -0.1) is 0 Å². The lowest BCUT2D eigenvalue weighted by Crippen LogP contribution is -2.38. The van der Waals surface area contributed by atoms with Gasteiger partial charge in [0.25, 0.3) is 0 Å². The molecule has 1 saturated heterocycles. The van der Waals surface area contributed by atoms with Crippen LogP contribution in [0.15, 0.2) is 91.4 Å². The molecule has 2 saturated carbocycles. The standard InChI is InChI=1S/C44H55F2N3/c1-8-43(9-2)25-40(26-43)41(36-12-10-30(3)11-13-36)37-16-14-34(15-17-37)31(4)48-32(5)38-24-39(28-47-27-38)35-18-22-49(23-19-35)33(6)42(7)20-21-44(45,46)29-42/h10-17,24,27-28,31,35,48H,5-6,8-9,18-23,25-26,29H2,1-4,7H3. The Hall–Kier alpha value is -3.73. The predicted molar refractivity (Wildman–Crippen MR) is 200 cm³/mol. The van der Waals surface area contributed by atoms with Crippen LogP contribution < -0.4 is 5.32 Å². The SMILES string of the molecule is C=C(NC(C)c1ccc(C(=C2CC(CC)(CC)C2)c2ccc(C)cc2)cc1)c1cncc(C2CCN(C(=C)C3(C)CCC(F)(F)C3)CC2)c1. The Balaban J connectivity index is 1.09. The molecule has 3 nitrogen and oxygen atoms in total. The van der Waals surface area contributed by atoms with E-state index < -0.39 is 11.3 Å². The van der Waals surface area contributed by atoms with E-state index in [4.69, 9.17) is 0 Å². The van der Waals surface area contributed by atoms with Gasteiger partial charge in [0.1, 0.15) is 0 Å². The molecule has 0 bridgehead atoms. The van der Waals surface area contributed by atoms with Crippen LogP contribution in [0.3, 0.4) is 0 Å². The summed E-state index contributed by atoms with van der Waals surface area (Å²) in [5.74, 6) is -2.20. The first kappa shape index (κ1) is 35.1. The molecule has 1 N–H and O–H groups in total. The van der Waals surface area contributed by atoms with Crippen molar-refractivity contribution in [2.24, 2.45) is 10.8 Å². The molecule has 3 aliphatic rings. The van der Waals surface area contributed by atoms with Crippen molar-refractivity contribution in [3.05, 3.63) is 125 Å². The Labute approximate surface area is 293 Å². The van der Waals surface area contributed by atoms with Crippen LogP contribution >= 0.6 is 0 Å². The minimum Gasteiger partial charge on any atom is -0.378 e. The number of halogens is 2. The largest absolute Gasteiger partial charge is 0.378 e. The molecule has 2 heterocycles. The molecule has 5 heteroatoms. The highest BCUT2D eigenvalue weighted by Crippen LogP contribution is 2.54. The highest BCUT2D eigenvalue weighted by Gasteiger charge is 2.49. The molecule has 0 amide bonds. The van der Waals surface area contributed by atoms with Gasteiger partial charge in [-0.1, -0.05) is 93.6 Å². The Morgan fingerprint density at radius 2 is 1.53 bits per heavy atom. The number of alkyl halides is 2. The zero-order chi connectivity index (χ0) is 35.0. The minimum absolute atomic E-state index is 0.0365. The van der Waals surface area contributed by atoms with Gasteiger partial charge in [0.2, 0.25) is 5.92 Å². The van der Waals surface area contributed by atoms with Crippen molar-refractivity contribution in [2.45, 2.75) is 110 Å². The van der Waals surface area contributed by atoms with E-state index in [2.05, 4.69) is 111 Å². The van der Waals surface area contributed by atoms with Crippen molar-refractivity contribution in [3.8, 4) is 0 Å². The summed E-state index contributed by atoms with van der Waals surface area (Å²) in [4.78, 5) is 6.85. The van der Waals surface area contributed by atoms with Crippen LogP contribution in [0.1, 0.15) is 131 Å². The van der Waals surface area contributed by atoms with Crippen LogP contribution in [-0.2, 0) is 0 Å². The fourth-order valence-corrected chi connectivity index (χ4v) is 8.61. The molecule has 2 atom stereocenters. The molecule has 3 aromatic rings. The average Bonchev–Trinajstić information content (AvgIpc) is 3.39. The maximum Gasteiger partial charge on any atom is 0.249 e. The van der Waals surface area contributed by atoms with Gasteiger partial charge in [-0.25, -0.2) is 8.78 Å². The smallest absolute Gasteiger partial charge is 0.249 e. The molecule has 3 fully saturated rings. The molecule has 0 radical (unpaired) electrons. The van der Waals surface area contributed by atoms with E-state index in [1.54, 1.807) is 5.57 Å². The first-order chi connectivity index (χ1) is 23.3. The van der Waals surface area contributed by atoms with Crippen molar-refractivity contribution in [3.63, 3.8) is 0 Å². The third-order valence-electron chi connectivity index (χ3n) is 12.3. The number of nitrogens with zero attached hydrogens (tertiary/aromatic N) is 2. The molecule has 0 spiro atoms. The normalized spacial score (nSPS) is 22.3. The van der Waals surface area contributed by atoms with E-state index in [9.17, 15) is 8.78 Å². The minimum atomic E-state index is -2.57. The molecule has 2 unspecified atom stereocenters. The number of rotatable bonds is 11. The summed E-state index contributed by atoms with van der Waals surface area (Å²) in [6.45, 7) is 21.3. The van der Waals surface area contributed by atoms with Gasteiger partial charge in [0, 0.05) is 66.7 Å². The van der Waals surface area contributed by atoms with Gasteiger partial charge in [-0.2, -0.15) is 0 Å². The summed E-state index contributed by atoms with van der Waals surface area (Å²) in [7, 11) is 0. The number of likely N-dealkylation sites (tertiary alicyclic amines) is 1. The van der Waals surface area contributed by atoms with Gasteiger partial charge < -0.3 is 10.2 Å². The van der Waals surface area contributed by atoms with Crippen LogP contribution in [0.5, 0.6) is 0 Å². The second-order valence-corrected chi connectivity index (χ2v) is 15.7. The van der Waals surface area contributed by atoms with Gasteiger partial charge in [0.15, 0.2) is 0 Å². The fraction of sp³-hybridized carbons (Fsp3) is 0.477. The zero-order valence-electron chi connectivity index (χ0n) is 30.3. The third-order valence-corrected chi connectivity index (χ3v) is 12.3. The number of allylic oxidation sites excluding steroid dienone is 2. The van der Waals surface area contributed by atoms with E-state index >= 15 is 0 Å². The molecule has 1 aliphatic heterocycles. The molecular formula is C44H55F2N3. The summed E-state index contributed by atoms with van der Waals surface area (Å²) in [6.07, 6.45) is 11.0. The number of nitrogens with one attached hydrogen (secondary N) is 1. The number of aromatic nitrogens is 1. The number of hydrogen-bond donors (Lipinski definition) is 1. The number of benzene rings is 2. The Bertz CT molecular complexity index is 1680. The molecule has 260 valence electrons. The average molecular weight is 664 g/mol. The van der Waals surface area contributed by atoms with E-state index in [0.717, 1.165) is 42.9 Å². The summed E-state index contributed by atoms with van der Waals surface area (Å²) >= 11 is 0. The van der Waals surface area contributed by atoms with Gasteiger partial charge >= 0.3 is 0 Å². The summed E-state index contributed by atoms with van der Waals surface area (Å²) < 4.78 is 28.1. The van der Waals surface area contributed by atoms with Gasteiger partial charge in [-0.05, 0) is 104 Å². The molecule has 2 aromatic carbocycles. The van der Waals surface area contributed by atoms with Crippen molar-refractivity contribution < 1.29 is 8.78 Å². The van der Waals surface area contributed by atoms with Crippen LogP contribution in [0, 0.1) is 17.8 Å². The number of hydrogen-bond acceptors (Lipinski definition) is 3. The van der Waals surface area contributed by atoms with E-state index in [0.29, 0.717) is 17.8 Å². The summed E-state index contributed by atoms with van der Waals surface area (Å²) in [5, 5.41) is 3.64.